The summed E-state index contributed by atoms with van der Waals surface area (Å²) >= 11 is 0. The van der Waals surface area contributed by atoms with E-state index < -0.39 is 28.8 Å². The zero-order valence-electron chi connectivity index (χ0n) is 24.7. The van der Waals surface area contributed by atoms with Gasteiger partial charge in [-0.3, -0.25) is 18.2 Å². The van der Waals surface area contributed by atoms with Gasteiger partial charge in [0.15, 0.2) is 0 Å². The van der Waals surface area contributed by atoms with E-state index in [1.165, 1.54) is 0 Å². The van der Waals surface area contributed by atoms with E-state index in [1.54, 1.807) is 42.8 Å². The maximum atomic E-state index is 13.6. The lowest BCUT2D eigenvalue weighted by Crippen LogP contribution is -2.48. The number of methoxy groups -OCH3 is 2. The van der Waals surface area contributed by atoms with Gasteiger partial charge in [-0.15, -0.1) is 23.2 Å². The average molecular weight is 636 g/mol. The number of amides is 1. The van der Waals surface area contributed by atoms with Crippen molar-refractivity contribution >= 4 is 34.8 Å². The second kappa shape index (κ2) is 16.0. The quantitative estimate of drug-likeness (QED) is 0.168. The highest BCUT2D eigenvalue weighted by atomic mass is 35.5. The molecule has 1 saturated heterocycles. The lowest BCUT2D eigenvalue weighted by atomic mass is 10.00. The molecule has 0 saturated carbocycles. The van der Waals surface area contributed by atoms with E-state index in [9.17, 15) is 19.0 Å². The number of rotatable bonds is 14. The average Bonchev–Trinajstić information content (AvgIpc) is 3.35. The number of ether oxygens (including phenoxy) is 3. The van der Waals surface area contributed by atoms with Gasteiger partial charge in [-0.25, -0.2) is 0 Å². The largest absolute Gasteiger partial charge is 0.497 e. The van der Waals surface area contributed by atoms with E-state index in [1.807, 2.05) is 49.4 Å². The van der Waals surface area contributed by atoms with Crippen molar-refractivity contribution in [2.45, 2.75) is 38.5 Å². The van der Waals surface area contributed by atoms with Crippen molar-refractivity contribution < 1.29 is 33.2 Å². The van der Waals surface area contributed by atoms with Gasteiger partial charge in [0.05, 0.1) is 44.4 Å². The van der Waals surface area contributed by atoms with Crippen molar-refractivity contribution in [1.29, 1.82) is 0 Å². The van der Waals surface area contributed by atoms with Crippen molar-refractivity contribution in [2.75, 3.05) is 44.0 Å². The zero-order chi connectivity index (χ0) is 30.1. The van der Waals surface area contributed by atoms with Crippen LogP contribution in [0.1, 0.15) is 34.8 Å². The summed E-state index contributed by atoms with van der Waals surface area (Å²) in [6.45, 7) is 3.38. The number of carbonyl (C=O) groups is 1. The summed E-state index contributed by atoms with van der Waals surface area (Å²) in [4.78, 5) is 13.6. The van der Waals surface area contributed by atoms with Crippen molar-refractivity contribution in [2.24, 2.45) is 0 Å². The predicted octanol–water partition coefficient (Wildman–Crippen LogP) is 4.89. The van der Waals surface area contributed by atoms with E-state index in [0.29, 0.717) is 61.0 Å². The van der Waals surface area contributed by atoms with Crippen LogP contribution >= 0.6 is 23.2 Å². The predicted molar refractivity (Wildman–Crippen MR) is 173 cm³/mol. The lowest BCUT2D eigenvalue weighted by Gasteiger charge is -2.38. The molecule has 12 heteroatoms. The van der Waals surface area contributed by atoms with Gasteiger partial charge in [-0.05, 0) is 55.2 Å². The Balaban J connectivity index is 0.00000506. The molecule has 0 aliphatic carbocycles. The molecular weight excluding hydrogens is 594 g/mol. The molecule has 3 aromatic rings. The molecule has 1 fully saturated rings. The van der Waals surface area contributed by atoms with Crippen molar-refractivity contribution in [3.8, 4) is 17.2 Å². The summed E-state index contributed by atoms with van der Waals surface area (Å²) in [5.74, 6) is 1.69. The van der Waals surface area contributed by atoms with E-state index in [2.05, 4.69) is 10.6 Å². The third-order valence-corrected chi connectivity index (χ3v) is 8.99. The molecule has 5 N–H and O–H groups in total. The van der Waals surface area contributed by atoms with Crippen LogP contribution in [0.2, 0.25) is 0 Å². The van der Waals surface area contributed by atoms with Gasteiger partial charge in [0.2, 0.25) is 0 Å². The molecule has 10 nitrogen and oxygen atoms in total. The van der Waals surface area contributed by atoms with Crippen LogP contribution in [0.25, 0.3) is 0 Å². The standard InChI is InChI=1S/C31H41N3O7S.ClH/c1-4-41-28-17-24(16-25(18-28)34-11-8-12-42(34,37)38)31(36)33-29(15-22-9-6-5-7-10-22)30(35)21-32-20-23-13-26(39-2)19-27(14-23)40-3;/h5-7,9-10,13-14,16-19,29-30,32,35,37-38H,4,8,11-12,15,20-21H2,1-3H3,(H,33,36);1H/t29-,30+;/m0./s1. The first-order valence-electron chi connectivity index (χ1n) is 14.0. The third-order valence-electron chi connectivity index (χ3n) is 7.06. The van der Waals surface area contributed by atoms with Crippen LogP contribution in [0.4, 0.5) is 5.69 Å². The molecule has 2 atom stereocenters. The van der Waals surface area contributed by atoms with Crippen LogP contribution < -0.4 is 29.1 Å². The minimum absolute atomic E-state index is 0. The van der Waals surface area contributed by atoms with Crippen LogP contribution in [-0.2, 0) is 13.0 Å². The van der Waals surface area contributed by atoms with Gasteiger partial charge >= 0.3 is 0 Å². The number of aliphatic hydroxyl groups excluding tert-OH is 1. The van der Waals surface area contributed by atoms with Crippen LogP contribution in [0.15, 0.2) is 66.7 Å². The Hall–Kier alpha value is -3.19. The topological polar surface area (TPSA) is 133 Å². The molecule has 1 aliphatic heterocycles. The Morgan fingerprint density at radius 3 is 2.28 bits per heavy atom. The molecule has 1 aliphatic rings. The zero-order valence-corrected chi connectivity index (χ0v) is 26.3. The highest BCUT2D eigenvalue weighted by Crippen LogP contribution is 2.51. The van der Waals surface area contributed by atoms with Crippen LogP contribution in [0, 0.1) is 0 Å². The number of hydrogen-bond acceptors (Lipinski definition) is 9. The summed E-state index contributed by atoms with van der Waals surface area (Å²) in [5, 5.41) is 17.5. The Kier molecular flexibility index (Phi) is 12.8. The molecule has 1 amide bonds. The minimum Gasteiger partial charge on any atom is -0.497 e. The SMILES string of the molecule is CCOc1cc(C(=O)N[C@@H](Cc2ccccc2)[C@H](O)CNCc2cc(OC)cc(OC)c2)cc(N2CCCS2(O)O)c1.Cl. The summed E-state index contributed by atoms with van der Waals surface area (Å²) in [6.07, 6.45) is 0.137. The fourth-order valence-electron chi connectivity index (χ4n) is 4.94. The number of nitrogens with one attached hydrogen (secondary N) is 2. The molecule has 43 heavy (non-hydrogen) atoms. The number of anilines is 1. The molecule has 1 heterocycles. The Morgan fingerprint density at radius 2 is 1.67 bits per heavy atom. The first kappa shape index (κ1) is 34.3. The van der Waals surface area contributed by atoms with Crippen LogP contribution in [0.3, 0.4) is 0 Å². The maximum Gasteiger partial charge on any atom is 0.251 e. The number of nitrogens with zero attached hydrogens (tertiary/aromatic N) is 1. The highest BCUT2D eigenvalue weighted by molar-refractivity contribution is 8.25. The van der Waals surface area contributed by atoms with E-state index >= 15 is 0 Å². The number of carbonyl (C=O) groups excluding carboxylic acids is 1. The Labute approximate surface area is 261 Å². The number of benzene rings is 3. The smallest absolute Gasteiger partial charge is 0.251 e. The Bertz CT molecular complexity index is 1310. The van der Waals surface area contributed by atoms with Gasteiger partial charge in [0, 0.05) is 37.3 Å². The van der Waals surface area contributed by atoms with E-state index in [4.69, 9.17) is 14.2 Å². The summed E-state index contributed by atoms with van der Waals surface area (Å²) < 4.78 is 39.0. The van der Waals surface area contributed by atoms with E-state index in [-0.39, 0.29) is 24.7 Å². The molecule has 0 radical (unpaired) electrons. The second-order valence-electron chi connectivity index (χ2n) is 10.1. The number of hydrogen-bond donors (Lipinski definition) is 5. The first-order valence-corrected chi connectivity index (χ1v) is 15.7. The molecule has 236 valence electrons. The molecule has 0 aromatic heterocycles. The van der Waals surface area contributed by atoms with Crippen molar-refractivity contribution in [3.05, 3.63) is 83.4 Å². The van der Waals surface area contributed by atoms with Crippen molar-refractivity contribution in [1.82, 2.24) is 10.6 Å². The molecule has 0 unspecified atom stereocenters. The van der Waals surface area contributed by atoms with Crippen LogP contribution in [0.5, 0.6) is 17.2 Å². The summed E-state index contributed by atoms with van der Waals surface area (Å²) in [6, 6.07) is 19.6. The highest BCUT2D eigenvalue weighted by Gasteiger charge is 2.30. The van der Waals surface area contributed by atoms with Gasteiger partial charge in [-0.1, -0.05) is 30.3 Å². The molecule has 0 bridgehead atoms. The lowest BCUT2D eigenvalue weighted by molar-refractivity contribution is 0.0829. The second-order valence-corrected chi connectivity index (χ2v) is 12.2. The molecule has 0 spiro atoms. The van der Waals surface area contributed by atoms with Crippen molar-refractivity contribution in [3.63, 3.8) is 0 Å². The number of halogens is 1. The summed E-state index contributed by atoms with van der Waals surface area (Å²) in [7, 11) is 0.235. The van der Waals surface area contributed by atoms with Gasteiger partial charge < -0.3 is 30.0 Å². The number of aliphatic hydroxyl groups is 1. The monoisotopic (exact) mass is 635 g/mol. The van der Waals surface area contributed by atoms with E-state index in [0.717, 1.165) is 11.1 Å². The maximum absolute atomic E-state index is 13.6. The van der Waals surface area contributed by atoms with Gasteiger partial charge in [-0.2, -0.15) is 0 Å². The normalized spacial score (nSPS) is 16.0. The van der Waals surface area contributed by atoms with Gasteiger partial charge in [0.25, 0.3) is 5.91 Å². The summed E-state index contributed by atoms with van der Waals surface area (Å²) in [5.41, 5.74) is 2.71. The third kappa shape index (κ3) is 9.40. The molecule has 4 rings (SSSR count). The first-order chi connectivity index (χ1) is 20.2. The Morgan fingerprint density at radius 1 is 0.977 bits per heavy atom. The molecule has 3 aromatic carbocycles. The fraction of sp³-hybridized carbons (Fsp3) is 0.387. The van der Waals surface area contributed by atoms with Gasteiger partial charge in [0.1, 0.15) is 17.2 Å². The van der Waals surface area contributed by atoms with Crippen LogP contribution in [-0.4, -0.2) is 71.9 Å². The molecular formula is C31H42ClN3O7S. The fourth-order valence-corrected chi connectivity index (χ4v) is 6.54. The minimum atomic E-state index is -2.95.